The summed E-state index contributed by atoms with van der Waals surface area (Å²) >= 11 is 0. The lowest BCUT2D eigenvalue weighted by atomic mass is 9.89. The molecule has 0 aromatic carbocycles. The van der Waals surface area contributed by atoms with Crippen molar-refractivity contribution in [3.8, 4) is 0 Å². The molecule has 28 heavy (non-hydrogen) atoms. The van der Waals surface area contributed by atoms with Gasteiger partial charge in [-0.25, -0.2) is 4.79 Å². The van der Waals surface area contributed by atoms with Crippen LogP contribution in [0, 0.1) is 0 Å². The Morgan fingerprint density at radius 1 is 1.00 bits per heavy atom. The van der Waals surface area contributed by atoms with E-state index in [4.69, 9.17) is 9.47 Å². The minimum atomic E-state index is -0.241. The fourth-order valence-electron chi connectivity index (χ4n) is 5.24. The van der Waals surface area contributed by atoms with Gasteiger partial charge in [0.2, 0.25) is 0 Å². The lowest BCUT2D eigenvalue weighted by molar-refractivity contribution is -0.0304. The van der Waals surface area contributed by atoms with E-state index in [9.17, 15) is 4.79 Å². The zero-order valence-corrected chi connectivity index (χ0v) is 17.8. The second-order valence-electron chi connectivity index (χ2n) is 9.32. The number of piperidine rings is 1. The van der Waals surface area contributed by atoms with E-state index in [1.165, 1.54) is 0 Å². The maximum atomic E-state index is 12.5. The zero-order chi connectivity index (χ0) is 19.6. The molecule has 4 heterocycles. The predicted octanol–water partition coefficient (Wildman–Crippen LogP) is 1.48. The van der Waals surface area contributed by atoms with Crippen LogP contribution in [0.5, 0.6) is 0 Å². The second kappa shape index (κ2) is 8.86. The van der Waals surface area contributed by atoms with Gasteiger partial charge in [0.05, 0.1) is 6.54 Å². The summed E-state index contributed by atoms with van der Waals surface area (Å²) < 4.78 is 11.4. The molecule has 0 N–H and O–H groups in total. The molecule has 0 aromatic heterocycles. The second-order valence-corrected chi connectivity index (χ2v) is 9.32. The standard InChI is InChI=1S/C21H38N4O3/c1-18(2)23-12-9-22(10-13-23)11-14-25-17-21(28-20(25)26)5-7-24(8-6-21)19-3-15-27-16-4-19/h18-19H,3-17H2,1-2H3. The van der Waals surface area contributed by atoms with E-state index in [1.807, 2.05) is 4.90 Å². The maximum Gasteiger partial charge on any atom is 0.410 e. The van der Waals surface area contributed by atoms with Crippen molar-refractivity contribution in [2.24, 2.45) is 0 Å². The average Bonchev–Trinajstić information content (AvgIpc) is 3.02. The first-order valence-corrected chi connectivity index (χ1v) is 11.3. The molecule has 0 atom stereocenters. The Kier molecular flexibility index (Phi) is 6.45. The summed E-state index contributed by atoms with van der Waals surface area (Å²) in [5.41, 5.74) is -0.241. The molecule has 0 saturated carbocycles. The number of rotatable bonds is 5. The van der Waals surface area contributed by atoms with Crippen LogP contribution < -0.4 is 0 Å². The van der Waals surface area contributed by atoms with Gasteiger partial charge in [0.15, 0.2) is 0 Å². The van der Waals surface area contributed by atoms with Gasteiger partial charge in [-0.2, -0.15) is 0 Å². The van der Waals surface area contributed by atoms with Crippen LogP contribution in [0.1, 0.15) is 39.5 Å². The summed E-state index contributed by atoms with van der Waals surface area (Å²) in [7, 11) is 0. The van der Waals surface area contributed by atoms with E-state index in [0.717, 1.165) is 97.8 Å². The normalized spacial score (nSPS) is 28.4. The van der Waals surface area contributed by atoms with Crippen molar-refractivity contribution in [2.45, 2.75) is 57.2 Å². The van der Waals surface area contributed by atoms with Crippen molar-refractivity contribution in [3.05, 3.63) is 0 Å². The molecule has 160 valence electrons. The van der Waals surface area contributed by atoms with Crippen molar-refractivity contribution in [1.29, 1.82) is 0 Å². The molecule has 0 aromatic rings. The van der Waals surface area contributed by atoms with Gasteiger partial charge in [-0.15, -0.1) is 0 Å². The van der Waals surface area contributed by atoms with E-state index in [2.05, 4.69) is 28.5 Å². The summed E-state index contributed by atoms with van der Waals surface area (Å²) in [5.74, 6) is 0. The SMILES string of the molecule is CC(C)N1CCN(CCN2CC3(CCN(C4CCOCC4)CC3)OC2=O)CC1. The smallest absolute Gasteiger partial charge is 0.410 e. The number of hydrogen-bond acceptors (Lipinski definition) is 6. The molecule has 0 radical (unpaired) electrons. The van der Waals surface area contributed by atoms with Crippen LogP contribution in [-0.4, -0.2) is 115 Å². The van der Waals surface area contributed by atoms with Crippen LogP contribution in [0.2, 0.25) is 0 Å². The molecule has 4 fully saturated rings. The highest BCUT2D eigenvalue weighted by Crippen LogP contribution is 2.34. The number of amides is 1. The van der Waals surface area contributed by atoms with E-state index in [-0.39, 0.29) is 11.7 Å². The van der Waals surface area contributed by atoms with E-state index >= 15 is 0 Å². The number of carbonyl (C=O) groups is 1. The van der Waals surface area contributed by atoms with Gasteiger partial charge in [0.1, 0.15) is 5.60 Å². The van der Waals surface area contributed by atoms with Gasteiger partial charge in [-0.1, -0.05) is 0 Å². The molecule has 4 aliphatic rings. The first-order chi connectivity index (χ1) is 13.5. The van der Waals surface area contributed by atoms with Crippen LogP contribution in [0.15, 0.2) is 0 Å². The van der Waals surface area contributed by atoms with Gasteiger partial charge in [-0.3, -0.25) is 14.7 Å². The molecular weight excluding hydrogens is 356 g/mol. The summed E-state index contributed by atoms with van der Waals surface area (Å²) in [6, 6.07) is 1.28. The molecule has 7 nitrogen and oxygen atoms in total. The Balaban J connectivity index is 1.21. The Bertz CT molecular complexity index is 522. The van der Waals surface area contributed by atoms with Gasteiger partial charge in [0.25, 0.3) is 0 Å². The predicted molar refractivity (Wildman–Crippen MR) is 109 cm³/mol. The third-order valence-corrected chi connectivity index (χ3v) is 7.28. The van der Waals surface area contributed by atoms with Gasteiger partial charge >= 0.3 is 6.09 Å². The summed E-state index contributed by atoms with van der Waals surface area (Å²) in [6.07, 6.45) is 4.13. The number of piperazine rings is 1. The monoisotopic (exact) mass is 394 g/mol. The fraction of sp³-hybridized carbons (Fsp3) is 0.952. The van der Waals surface area contributed by atoms with Crippen molar-refractivity contribution in [3.63, 3.8) is 0 Å². The molecule has 4 rings (SSSR count). The Morgan fingerprint density at radius 3 is 2.32 bits per heavy atom. The van der Waals surface area contributed by atoms with Crippen LogP contribution in [0.3, 0.4) is 0 Å². The summed E-state index contributed by atoms with van der Waals surface area (Å²) in [5, 5.41) is 0. The van der Waals surface area contributed by atoms with Crippen LogP contribution in [-0.2, 0) is 9.47 Å². The highest BCUT2D eigenvalue weighted by Gasteiger charge is 2.47. The van der Waals surface area contributed by atoms with Gasteiger partial charge in [0, 0.05) is 90.5 Å². The minimum Gasteiger partial charge on any atom is -0.441 e. The van der Waals surface area contributed by atoms with Crippen LogP contribution in [0.4, 0.5) is 4.79 Å². The van der Waals surface area contributed by atoms with Crippen LogP contribution >= 0.6 is 0 Å². The summed E-state index contributed by atoms with van der Waals surface area (Å²) in [6.45, 7) is 15.4. The van der Waals surface area contributed by atoms with Crippen molar-refractivity contribution >= 4 is 6.09 Å². The van der Waals surface area contributed by atoms with E-state index < -0.39 is 0 Å². The van der Waals surface area contributed by atoms with Gasteiger partial charge < -0.3 is 14.4 Å². The lowest BCUT2D eigenvalue weighted by Crippen LogP contribution is -2.52. The van der Waals surface area contributed by atoms with Crippen LogP contribution in [0.25, 0.3) is 0 Å². The fourth-order valence-corrected chi connectivity index (χ4v) is 5.24. The Morgan fingerprint density at radius 2 is 1.68 bits per heavy atom. The molecule has 1 spiro atoms. The van der Waals surface area contributed by atoms with Crippen molar-refractivity contribution < 1.29 is 14.3 Å². The molecule has 4 aliphatic heterocycles. The average molecular weight is 395 g/mol. The quantitative estimate of drug-likeness (QED) is 0.704. The molecule has 7 heteroatoms. The van der Waals surface area contributed by atoms with E-state index in [0.29, 0.717) is 12.1 Å². The third-order valence-electron chi connectivity index (χ3n) is 7.28. The number of nitrogens with zero attached hydrogens (tertiary/aromatic N) is 4. The largest absolute Gasteiger partial charge is 0.441 e. The number of hydrogen-bond donors (Lipinski definition) is 0. The highest BCUT2D eigenvalue weighted by atomic mass is 16.6. The van der Waals surface area contributed by atoms with Crippen molar-refractivity contribution in [1.82, 2.24) is 19.6 Å². The first-order valence-electron chi connectivity index (χ1n) is 11.3. The minimum absolute atomic E-state index is 0.0969. The number of ether oxygens (including phenoxy) is 2. The molecule has 4 saturated heterocycles. The third kappa shape index (κ3) is 4.64. The highest BCUT2D eigenvalue weighted by molar-refractivity contribution is 5.70. The molecule has 0 aliphatic carbocycles. The molecule has 0 unspecified atom stereocenters. The Labute approximate surface area is 169 Å². The lowest BCUT2D eigenvalue weighted by Gasteiger charge is -2.42. The maximum absolute atomic E-state index is 12.5. The van der Waals surface area contributed by atoms with Gasteiger partial charge in [-0.05, 0) is 26.7 Å². The molecule has 1 amide bonds. The number of carbonyl (C=O) groups excluding carboxylic acids is 1. The Hall–Kier alpha value is -0.890. The summed E-state index contributed by atoms with van der Waals surface area (Å²) in [4.78, 5) is 22.1. The number of likely N-dealkylation sites (tertiary alicyclic amines) is 1. The topological polar surface area (TPSA) is 48.5 Å². The zero-order valence-electron chi connectivity index (χ0n) is 17.8. The first kappa shape index (κ1) is 20.4. The van der Waals surface area contributed by atoms with E-state index in [1.54, 1.807) is 0 Å². The molecular formula is C21H38N4O3. The molecule has 0 bridgehead atoms. The van der Waals surface area contributed by atoms with Crippen molar-refractivity contribution in [2.75, 3.05) is 72.1 Å².